The van der Waals surface area contributed by atoms with Gasteiger partial charge in [-0.05, 0) is 68.7 Å². The van der Waals surface area contributed by atoms with Gasteiger partial charge in [-0.25, -0.2) is 4.98 Å². The largest absolute Gasteiger partial charge is 0.433 e. The van der Waals surface area contributed by atoms with E-state index in [0.717, 1.165) is 5.56 Å². The number of pyridine rings is 1. The smallest absolute Gasteiger partial charge is 0.340 e. The fraction of sp³-hybridized carbons (Fsp3) is 0.500. The highest BCUT2D eigenvalue weighted by Gasteiger charge is 2.60. The molecule has 1 saturated heterocycles. The molecule has 1 aromatic carbocycles. The lowest BCUT2D eigenvalue weighted by Gasteiger charge is -2.40. The van der Waals surface area contributed by atoms with Gasteiger partial charge in [0.15, 0.2) is 0 Å². The summed E-state index contributed by atoms with van der Waals surface area (Å²) in [5.41, 5.74) is -4.26. The second kappa shape index (κ2) is 9.63. The lowest BCUT2D eigenvalue weighted by atomic mass is 9.95. The Morgan fingerprint density at radius 2 is 1.76 bits per heavy atom. The van der Waals surface area contributed by atoms with E-state index in [2.05, 4.69) is 4.98 Å². The molecule has 0 radical (unpaired) electrons. The first-order valence-corrected chi connectivity index (χ1v) is 13.1. The lowest BCUT2D eigenvalue weighted by Crippen LogP contribution is -2.58. The van der Waals surface area contributed by atoms with E-state index in [1.165, 1.54) is 27.8 Å². The lowest BCUT2D eigenvalue weighted by molar-refractivity contribution is -0.145. The highest BCUT2D eigenvalue weighted by atomic mass is 19.4. The van der Waals surface area contributed by atoms with E-state index in [1.54, 1.807) is 19.2 Å². The number of rotatable bonds is 5. The molecule has 2 heterocycles. The van der Waals surface area contributed by atoms with Crippen LogP contribution in [-0.4, -0.2) is 53.4 Å². The molecule has 2 aliphatic carbocycles. The summed E-state index contributed by atoms with van der Waals surface area (Å²) in [4.78, 5) is 35.1. The van der Waals surface area contributed by atoms with Crippen LogP contribution in [0.15, 0.2) is 30.3 Å². The Bertz CT molecular complexity index is 1440. The number of anilines is 2. The molecular weight excluding hydrogens is 552 g/mol. The average molecular weight is 580 g/mol. The number of piperidine rings is 1. The van der Waals surface area contributed by atoms with Gasteiger partial charge in [0.05, 0.1) is 5.56 Å². The maximum atomic E-state index is 14.0. The quantitative estimate of drug-likeness (QED) is 0.449. The first-order chi connectivity index (χ1) is 19.1. The Labute approximate surface area is 232 Å². The summed E-state index contributed by atoms with van der Waals surface area (Å²) < 4.78 is 82.6. The molecule has 3 aliphatic rings. The number of benzene rings is 1. The van der Waals surface area contributed by atoms with Crippen molar-refractivity contribution in [2.45, 2.75) is 69.0 Å². The molecule has 13 heteroatoms. The van der Waals surface area contributed by atoms with E-state index in [9.17, 15) is 41.2 Å². The summed E-state index contributed by atoms with van der Waals surface area (Å²) in [6.45, 7) is 1.87. The van der Waals surface area contributed by atoms with Crippen molar-refractivity contribution in [3.8, 4) is 6.07 Å². The fourth-order valence-electron chi connectivity index (χ4n) is 6.29. The second-order valence-corrected chi connectivity index (χ2v) is 11.1. The van der Waals surface area contributed by atoms with E-state index >= 15 is 0 Å². The Balaban J connectivity index is 1.53. The molecule has 2 aromatic rings. The molecule has 41 heavy (non-hydrogen) atoms. The van der Waals surface area contributed by atoms with Crippen LogP contribution in [0.4, 0.5) is 37.8 Å². The molecule has 2 amide bonds. The molecule has 0 spiro atoms. The Morgan fingerprint density at radius 3 is 2.32 bits per heavy atom. The van der Waals surface area contributed by atoms with Gasteiger partial charge in [0.1, 0.15) is 34.7 Å². The van der Waals surface area contributed by atoms with Gasteiger partial charge < -0.3 is 14.7 Å². The molecule has 0 N–H and O–H groups in total. The number of halogens is 6. The van der Waals surface area contributed by atoms with E-state index < -0.39 is 58.5 Å². The van der Waals surface area contributed by atoms with E-state index in [0.29, 0.717) is 37.8 Å². The number of aryl methyl sites for hydroxylation is 1. The van der Waals surface area contributed by atoms with Crippen LogP contribution in [0.25, 0.3) is 0 Å². The zero-order valence-electron chi connectivity index (χ0n) is 22.5. The zero-order valence-corrected chi connectivity index (χ0v) is 22.5. The third-order valence-electron chi connectivity index (χ3n) is 8.58. The molecule has 2 saturated carbocycles. The number of carbonyl (C=O) groups is 2. The standard InChI is InChI=1S/C28H27F6N5O2/c1-15-5-4-6-17(11-15)37(2)25(41)26(9-10-26)38(3)24(40)22-16-7-8-18(12-16)39(22)23-19(14-35)20(27(29,30)31)13-21(36-23)28(32,33)34/h4-6,11,13,16,18,22H,7-10,12H2,1-3H3/t16-,18+,22-/m0/s1. The topological polar surface area (TPSA) is 80.5 Å². The van der Waals surface area contributed by atoms with Crippen molar-refractivity contribution < 1.29 is 35.9 Å². The van der Waals surface area contributed by atoms with Crippen LogP contribution in [0.5, 0.6) is 0 Å². The number of alkyl halides is 6. The molecule has 2 bridgehead atoms. The van der Waals surface area contributed by atoms with Gasteiger partial charge in [-0.15, -0.1) is 0 Å². The summed E-state index contributed by atoms with van der Waals surface area (Å²) in [5, 5.41) is 9.68. The number of aromatic nitrogens is 1. The molecule has 3 atom stereocenters. The molecule has 1 aromatic heterocycles. The van der Waals surface area contributed by atoms with Gasteiger partial charge >= 0.3 is 12.4 Å². The monoisotopic (exact) mass is 579 g/mol. The van der Waals surface area contributed by atoms with Gasteiger partial charge in [-0.1, -0.05) is 12.1 Å². The van der Waals surface area contributed by atoms with Crippen LogP contribution >= 0.6 is 0 Å². The third-order valence-corrected chi connectivity index (χ3v) is 8.58. The van der Waals surface area contributed by atoms with Crippen LogP contribution in [-0.2, 0) is 21.9 Å². The van der Waals surface area contributed by atoms with Gasteiger partial charge in [0, 0.05) is 25.8 Å². The van der Waals surface area contributed by atoms with Crippen molar-refractivity contribution in [3.63, 3.8) is 0 Å². The first-order valence-electron chi connectivity index (χ1n) is 13.1. The predicted octanol–water partition coefficient (Wildman–Crippen LogP) is 5.31. The number of hydrogen-bond donors (Lipinski definition) is 0. The summed E-state index contributed by atoms with van der Waals surface area (Å²) >= 11 is 0. The minimum absolute atomic E-state index is 0.168. The van der Waals surface area contributed by atoms with Crippen LogP contribution in [0, 0.1) is 24.2 Å². The number of hydrogen-bond acceptors (Lipinski definition) is 5. The third kappa shape index (κ3) is 4.77. The number of carbonyl (C=O) groups excluding carboxylic acids is 2. The number of amides is 2. The van der Waals surface area contributed by atoms with Gasteiger partial charge in [-0.3, -0.25) is 9.59 Å². The second-order valence-electron chi connectivity index (χ2n) is 11.1. The molecular formula is C28H27F6N5O2. The van der Waals surface area contributed by atoms with Crippen LogP contribution < -0.4 is 9.80 Å². The maximum Gasteiger partial charge on any atom is 0.433 e. The Morgan fingerprint density at radius 1 is 1.07 bits per heavy atom. The molecule has 7 nitrogen and oxygen atoms in total. The van der Waals surface area contributed by atoms with E-state index in [1.807, 2.05) is 19.1 Å². The van der Waals surface area contributed by atoms with Gasteiger partial charge in [-0.2, -0.15) is 31.6 Å². The zero-order chi connectivity index (χ0) is 30.1. The SMILES string of the molecule is Cc1cccc(N(C)C(=O)C2(N(C)C(=O)[C@@H]3[C@H]4CC[C@H](C4)N3c3nc(C(F)(F)F)cc(C(F)(F)F)c3C#N)CC2)c1. The molecule has 5 rings (SSSR count). The van der Waals surface area contributed by atoms with Crippen molar-refractivity contribution in [1.29, 1.82) is 5.26 Å². The van der Waals surface area contributed by atoms with E-state index in [4.69, 9.17) is 0 Å². The van der Waals surface area contributed by atoms with Gasteiger partial charge in [0.2, 0.25) is 5.91 Å². The summed E-state index contributed by atoms with van der Waals surface area (Å²) in [6, 6.07) is 6.71. The Kier molecular flexibility index (Phi) is 6.74. The van der Waals surface area contributed by atoms with Crippen LogP contribution in [0.2, 0.25) is 0 Å². The average Bonchev–Trinajstić information content (AvgIpc) is 3.46. The van der Waals surface area contributed by atoms with Crippen LogP contribution in [0.1, 0.15) is 54.5 Å². The van der Waals surface area contributed by atoms with E-state index in [-0.39, 0.29) is 17.9 Å². The van der Waals surface area contributed by atoms with Crippen molar-refractivity contribution in [2.24, 2.45) is 5.92 Å². The van der Waals surface area contributed by atoms with Crippen molar-refractivity contribution in [2.75, 3.05) is 23.9 Å². The number of likely N-dealkylation sites (N-methyl/N-ethyl adjacent to an activating group) is 2. The van der Waals surface area contributed by atoms with Crippen molar-refractivity contribution >= 4 is 23.3 Å². The fourth-order valence-corrected chi connectivity index (χ4v) is 6.29. The Hall–Kier alpha value is -3.82. The van der Waals surface area contributed by atoms with Crippen LogP contribution in [0.3, 0.4) is 0 Å². The molecule has 0 unspecified atom stereocenters. The molecule has 1 aliphatic heterocycles. The minimum atomic E-state index is -5.26. The summed E-state index contributed by atoms with van der Waals surface area (Å²) in [6.07, 6.45) is -8.47. The number of fused-ring (bicyclic) bond motifs is 2. The summed E-state index contributed by atoms with van der Waals surface area (Å²) in [7, 11) is 3.02. The normalized spacial score (nSPS) is 22.8. The highest BCUT2D eigenvalue weighted by Crippen LogP contribution is 2.50. The minimum Gasteiger partial charge on any atom is -0.340 e. The number of nitriles is 1. The highest BCUT2D eigenvalue weighted by molar-refractivity contribution is 6.05. The molecule has 218 valence electrons. The number of nitrogens with zero attached hydrogens (tertiary/aromatic N) is 5. The van der Waals surface area contributed by atoms with Gasteiger partial charge in [0.25, 0.3) is 5.91 Å². The van der Waals surface area contributed by atoms with Crippen molar-refractivity contribution in [3.05, 3.63) is 52.7 Å². The summed E-state index contributed by atoms with van der Waals surface area (Å²) in [5.74, 6) is -2.13. The first kappa shape index (κ1) is 28.7. The van der Waals surface area contributed by atoms with Crippen molar-refractivity contribution in [1.82, 2.24) is 9.88 Å². The predicted molar refractivity (Wildman–Crippen MR) is 136 cm³/mol. The maximum absolute atomic E-state index is 14.0. The molecule has 3 fully saturated rings.